The van der Waals surface area contributed by atoms with Crippen molar-refractivity contribution in [1.82, 2.24) is 4.98 Å². The third kappa shape index (κ3) is 1.63. The highest BCUT2D eigenvalue weighted by molar-refractivity contribution is 14.1. The molecular weight excluding hydrogens is 442 g/mol. The monoisotopic (exact) mass is 450 g/mol. The predicted octanol–water partition coefficient (Wildman–Crippen LogP) is 3.60. The van der Waals surface area contributed by atoms with E-state index in [1.807, 2.05) is 34.7 Å². The van der Waals surface area contributed by atoms with E-state index in [2.05, 4.69) is 32.9 Å². The fourth-order valence-electron chi connectivity index (χ4n) is 1.37. The van der Waals surface area contributed by atoms with Crippen LogP contribution in [0.1, 0.15) is 1.37 Å². The molecule has 0 saturated heterocycles. The van der Waals surface area contributed by atoms with Crippen LogP contribution in [0.25, 0.3) is 10.2 Å². The lowest BCUT2D eigenvalue weighted by atomic mass is 10.3. The van der Waals surface area contributed by atoms with Gasteiger partial charge < -0.3 is 5.32 Å². The summed E-state index contributed by atoms with van der Waals surface area (Å²) in [6.45, 7) is 0. The van der Waals surface area contributed by atoms with Gasteiger partial charge in [0.05, 0.1) is 12.7 Å². The molecule has 14 heavy (non-hydrogen) atoms. The van der Waals surface area contributed by atoms with Crippen molar-refractivity contribution in [3.8, 4) is 0 Å². The third-order valence-electron chi connectivity index (χ3n) is 1.94. The molecule has 2 nitrogen and oxygen atoms in total. The van der Waals surface area contributed by atoms with E-state index < -0.39 is 15.0 Å². The number of rotatable bonds is 0. The Morgan fingerprint density at radius 3 is 3.43 bits per heavy atom. The smallest absolute Gasteiger partial charge is 0.155 e. The largest absolute Gasteiger partial charge is 0.365 e. The number of hydrogen-bond donors (Lipinski definition) is 1. The molecule has 0 spiro atoms. The maximum absolute atomic E-state index is 8.08. The molecule has 74 valence electrons. The topological polar surface area (TPSA) is 24.9 Å². The Morgan fingerprint density at radius 2 is 2.57 bits per heavy atom. The minimum atomic E-state index is -1.23. The van der Waals surface area contributed by atoms with E-state index in [0.29, 0.717) is 0 Å². The van der Waals surface area contributed by atoms with Gasteiger partial charge in [0.2, 0.25) is 0 Å². The summed E-state index contributed by atoms with van der Waals surface area (Å²) in [5, 5.41) is 3.10. The molecular formula is C8H6I2N2S2. The van der Waals surface area contributed by atoms with Crippen molar-refractivity contribution in [3.63, 3.8) is 0 Å². The Hall–Kier alpha value is 0.720. The standard InChI is InChI=1S/C8H6I2N2S2/c9-7-11-3-1-5-4(2-6(3)14-7)12-8(10)13-5/h1-2,7,11H,14H2/i7D,14D. The third-order valence-corrected chi connectivity index (χ3v) is 5.56. The molecule has 0 aliphatic carbocycles. The summed E-state index contributed by atoms with van der Waals surface area (Å²) in [6.07, 6.45) is 0. The molecule has 1 aliphatic rings. The maximum Gasteiger partial charge on any atom is 0.155 e. The van der Waals surface area contributed by atoms with Crippen LogP contribution in [0.15, 0.2) is 17.0 Å². The SMILES string of the molecule is [2H][SH]1c2cc3nc(I)sc3cc2NC1([2H])I. The molecule has 1 aromatic heterocycles. The van der Waals surface area contributed by atoms with Crippen molar-refractivity contribution in [2.75, 3.05) is 5.32 Å². The van der Waals surface area contributed by atoms with Crippen LogP contribution in [-0.2, 0) is 0 Å². The molecule has 2 atom stereocenters. The summed E-state index contributed by atoms with van der Waals surface area (Å²) in [5.74, 6) is 0. The van der Waals surface area contributed by atoms with E-state index in [9.17, 15) is 0 Å². The second-order valence-corrected chi connectivity index (χ2v) is 8.70. The van der Waals surface area contributed by atoms with Gasteiger partial charge in [0.25, 0.3) is 0 Å². The van der Waals surface area contributed by atoms with Crippen LogP contribution in [0.2, 0.25) is 0 Å². The van der Waals surface area contributed by atoms with Crippen molar-refractivity contribution in [2.45, 2.75) is 8.25 Å². The van der Waals surface area contributed by atoms with Gasteiger partial charge in [0.1, 0.15) is 3.36 Å². The Bertz CT molecular complexity index is 587. The van der Waals surface area contributed by atoms with Crippen LogP contribution in [0.4, 0.5) is 5.69 Å². The molecule has 1 aromatic carbocycles. The van der Waals surface area contributed by atoms with Gasteiger partial charge in [-0.2, -0.15) is 0 Å². The van der Waals surface area contributed by atoms with Crippen LogP contribution in [0.3, 0.4) is 0 Å². The van der Waals surface area contributed by atoms with Gasteiger partial charge in [-0.3, -0.25) is 0 Å². The first-order valence-corrected chi connectivity index (χ1v) is 7.70. The van der Waals surface area contributed by atoms with Gasteiger partial charge in [-0.15, -0.1) is 11.3 Å². The number of nitrogens with zero attached hydrogens (tertiary/aromatic N) is 1. The summed E-state index contributed by atoms with van der Waals surface area (Å²) in [5.41, 5.74) is 1.88. The first-order chi connectivity index (χ1) is 7.47. The quantitative estimate of drug-likeness (QED) is 0.377. The summed E-state index contributed by atoms with van der Waals surface area (Å²) in [7, 11) is 0. The number of aromatic nitrogens is 1. The van der Waals surface area contributed by atoms with Crippen molar-refractivity contribution in [2.24, 2.45) is 0 Å². The van der Waals surface area contributed by atoms with E-state index in [1.165, 1.54) is 0 Å². The van der Waals surface area contributed by atoms with E-state index in [1.54, 1.807) is 11.3 Å². The first kappa shape index (κ1) is 7.91. The van der Waals surface area contributed by atoms with Crippen LogP contribution >= 0.6 is 68.2 Å². The van der Waals surface area contributed by atoms with E-state index in [4.69, 9.17) is 2.49 Å². The average molecular weight is 450 g/mol. The summed E-state index contributed by atoms with van der Waals surface area (Å²) in [6, 6.07) is 3.98. The number of nitrogens with one attached hydrogen (secondary N) is 1. The zero-order chi connectivity index (χ0) is 11.5. The number of benzene rings is 1. The molecule has 6 heteroatoms. The van der Waals surface area contributed by atoms with Crippen LogP contribution in [0.5, 0.6) is 0 Å². The van der Waals surface area contributed by atoms with Gasteiger partial charge >= 0.3 is 0 Å². The van der Waals surface area contributed by atoms with E-state index in [0.717, 1.165) is 23.8 Å². The van der Waals surface area contributed by atoms with Gasteiger partial charge in [-0.25, -0.2) is 16.6 Å². The minimum Gasteiger partial charge on any atom is -0.365 e. The lowest BCUT2D eigenvalue weighted by Gasteiger charge is -1.99. The lowest BCUT2D eigenvalue weighted by Crippen LogP contribution is -1.97. The lowest BCUT2D eigenvalue weighted by molar-refractivity contribution is 1.40. The Labute approximate surface area is 119 Å². The maximum atomic E-state index is 8.08. The zero-order valence-corrected chi connectivity index (χ0v) is 12.7. The highest BCUT2D eigenvalue weighted by Gasteiger charge is 2.17. The highest BCUT2D eigenvalue weighted by Crippen LogP contribution is 2.43. The molecule has 0 bridgehead atoms. The summed E-state index contributed by atoms with van der Waals surface area (Å²) in [4.78, 5) is 5.35. The van der Waals surface area contributed by atoms with Crippen LogP contribution in [-0.4, -0.2) is 9.46 Å². The van der Waals surface area contributed by atoms with Crippen LogP contribution < -0.4 is 5.32 Å². The molecule has 0 radical (unpaired) electrons. The molecule has 2 unspecified atom stereocenters. The Kier molecular flexibility index (Phi) is 2.05. The second-order valence-electron chi connectivity index (χ2n) is 2.83. The number of halogens is 2. The number of anilines is 1. The molecule has 2 heterocycles. The fourth-order valence-corrected chi connectivity index (χ4v) is 4.94. The molecule has 0 amide bonds. The average Bonchev–Trinajstić information content (AvgIpc) is 2.62. The van der Waals surface area contributed by atoms with Gasteiger partial charge in [-0.1, -0.05) is 0 Å². The molecule has 2 aromatic rings. The molecule has 3 rings (SSSR count). The number of fused-ring (bicyclic) bond motifs is 2. The van der Waals surface area contributed by atoms with E-state index in [-0.39, 0.29) is 0 Å². The van der Waals surface area contributed by atoms with Crippen molar-refractivity contribution in [1.29, 1.82) is 1.12 Å². The fraction of sp³-hybridized carbons (Fsp3) is 0.125. The second kappa shape index (κ2) is 3.63. The van der Waals surface area contributed by atoms with Gasteiger partial charge in [0.15, 0.2) is 3.01 Å². The summed E-state index contributed by atoms with van der Waals surface area (Å²) < 4.78 is 17.3. The normalized spacial score (nSPS) is 34.9. The zero-order valence-electron chi connectivity index (χ0n) is 8.71. The van der Waals surface area contributed by atoms with E-state index >= 15 is 0 Å². The molecule has 0 saturated carbocycles. The highest BCUT2D eigenvalue weighted by atomic mass is 127. The Balaban J connectivity index is 2.24. The predicted molar refractivity (Wildman–Crippen MR) is 82.4 cm³/mol. The summed E-state index contributed by atoms with van der Waals surface area (Å²) >= 11 is 4.61. The van der Waals surface area contributed by atoms with Gasteiger partial charge in [-0.05, 0) is 57.3 Å². The van der Waals surface area contributed by atoms with Crippen molar-refractivity contribution >= 4 is 84.1 Å². The molecule has 0 fully saturated rings. The van der Waals surface area contributed by atoms with Gasteiger partial charge in [0, 0.05) is 10.6 Å². The Morgan fingerprint density at radius 1 is 1.71 bits per heavy atom. The van der Waals surface area contributed by atoms with Crippen molar-refractivity contribution in [3.05, 3.63) is 15.1 Å². The minimum absolute atomic E-state index is 0.897. The van der Waals surface area contributed by atoms with Crippen LogP contribution in [0, 0.1) is 3.01 Å². The molecule has 1 N–H and O–H groups in total. The molecule has 1 aliphatic heterocycles. The number of alkyl halides is 1. The number of thiazole rings is 1. The number of hydrogen-bond acceptors (Lipinski definition) is 3. The first-order valence-electron chi connectivity index (χ1n) is 4.78. The van der Waals surface area contributed by atoms with Crippen molar-refractivity contribution < 1.29 is 1.37 Å².